The van der Waals surface area contributed by atoms with Crippen LogP contribution in [0.2, 0.25) is 0 Å². The lowest BCUT2D eigenvalue weighted by Gasteiger charge is -2.17. The zero-order chi connectivity index (χ0) is 14.1. The Morgan fingerprint density at radius 3 is 2.06 bits per heavy atom. The SMILES string of the molecule is NC(=O)c1cccc(OC(F)(F)F)c1C(F)(F)F. The standard InChI is InChI=1S/C9H5F6NO2/c10-8(11,12)6-4(7(16)17)2-1-3-5(6)18-9(13,14)15/h1-3H,(H2,16,17). The fourth-order valence-corrected chi connectivity index (χ4v) is 1.24. The van der Waals surface area contributed by atoms with Crippen LogP contribution in [-0.2, 0) is 6.18 Å². The highest BCUT2D eigenvalue weighted by molar-refractivity contribution is 5.95. The van der Waals surface area contributed by atoms with Crippen LogP contribution in [0.4, 0.5) is 26.3 Å². The zero-order valence-corrected chi connectivity index (χ0v) is 8.39. The van der Waals surface area contributed by atoms with Crippen LogP contribution in [0, 0.1) is 0 Å². The highest BCUT2D eigenvalue weighted by Crippen LogP contribution is 2.40. The van der Waals surface area contributed by atoms with E-state index in [-0.39, 0.29) is 0 Å². The van der Waals surface area contributed by atoms with Crippen molar-refractivity contribution in [2.75, 3.05) is 0 Å². The quantitative estimate of drug-likeness (QED) is 0.842. The molecule has 0 radical (unpaired) electrons. The second-order valence-corrected chi connectivity index (χ2v) is 3.09. The topological polar surface area (TPSA) is 52.3 Å². The summed E-state index contributed by atoms with van der Waals surface area (Å²) in [6.07, 6.45) is -10.5. The largest absolute Gasteiger partial charge is 0.573 e. The van der Waals surface area contributed by atoms with Crippen LogP contribution in [0.1, 0.15) is 15.9 Å². The molecule has 2 N–H and O–H groups in total. The maximum Gasteiger partial charge on any atom is 0.573 e. The second-order valence-electron chi connectivity index (χ2n) is 3.09. The van der Waals surface area contributed by atoms with E-state index in [1.807, 2.05) is 0 Å². The van der Waals surface area contributed by atoms with E-state index in [2.05, 4.69) is 10.5 Å². The number of alkyl halides is 6. The molecular formula is C9H5F6NO2. The molecule has 1 aromatic rings. The average Bonchev–Trinajstić information content (AvgIpc) is 2.12. The van der Waals surface area contributed by atoms with Gasteiger partial charge in [-0.2, -0.15) is 13.2 Å². The third kappa shape index (κ3) is 3.28. The molecule has 0 aliphatic carbocycles. The Bertz CT molecular complexity index is 465. The van der Waals surface area contributed by atoms with Crippen LogP contribution in [0.5, 0.6) is 5.75 Å². The van der Waals surface area contributed by atoms with Gasteiger partial charge in [-0.05, 0) is 12.1 Å². The van der Waals surface area contributed by atoms with Crippen molar-refractivity contribution in [1.82, 2.24) is 0 Å². The van der Waals surface area contributed by atoms with Crippen molar-refractivity contribution in [1.29, 1.82) is 0 Å². The zero-order valence-electron chi connectivity index (χ0n) is 8.39. The number of benzene rings is 1. The number of halogens is 6. The fourth-order valence-electron chi connectivity index (χ4n) is 1.24. The smallest absolute Gasteiger partial charge is 0.405 e. The van der Waals surface area contributed by atoms with E-state index >= 15 is 0 Å². The molecular weight excluding hydrogens is 268 g/mol. The lowest BCUT2D eigenvalue weighted by Crippen LogP contribution is -2.23. The van der Waals surface area contributed by atoms with Crippen molar-refractivity contribution < 1.29 is 35.9 Å². The molecule has 0 aliphatic heterocycles. The Kier molecular flexibility index (Phi) is 3.45. The van der Waals surface area contributed by atoms with Crippen molar-refractivity contribution in [2.24, 2.45) is 5.73 Å². The lowest BCUT2D eigenvalue weighted by atomic mass is 10.1. The molecule has 0 atom stereocenters. The molecule has 3 nitrogen and oxygen atoms in total. The van der Waals surface area contributed by atoms with Crippen molar-refractivity contribution in [3.8, 4) is 5.75 Å². The number of hydrogen-bond acceptors (Lipinski definition) is 2. The van der Waals surface area contributed by atoms with Crippen molar-refractivity contribution in [2.45, 2.75) is 12.5 Å². The van der Waals surface area contributed by atoms with Gasteiger partial charge in [-0.1, -0.05) is 6.07 Å². The molecule has 9 heteroatoms. The number of amides is 1. The van der Waals surface area contributed by atoms with E-state index in [0.717, 1.165) is 6.07 Å². The van der Waals surface area contributed by atoms with Crippen LogP contribution in [0.15, 0.2) is 18.2 Å². The van der Waals surface area contributed by atoms with Gasteiger partial charge in [0, 0.05) is 0 Å². The van der Waals surface area contributed by atoms with Gasteiger partial charge in [0.15, 0.2) is 0 Å². The highest BCUT2D eigenvalue weighted by atomic mass is 19.4. The Morgan fingerprint density at radius 2 is 1.67 bits per heavy atom. The Hall–Kier alpha value is -1.93. The number of nitrogens with two attached hydrogens (primary N) is 1. The minimum absolute atomic E-state index is 0.447. The van der Waals surface area contributed by atoms with Gasteiger partial charge in [0.05, 0.1) is 5.56 Å². The molecule has 18 heavy (non-hydrogen) atoms. The summed E-state index contributed by atoms with van der Waals surface area (Å²) in [5, 5.41) is 0. The van der Waals surface area contributed by atoms with E-state index in [1.165, 1.54) is 0 Å². The molecule has 0 aromatic heterocycles. The van der Waals surface area contributed by atoms with E-state index in [1.54, 1.807) is 0 Å². The monoisotopic (exact) mass is 273 g/mol. The van der Waals surface area contributed by atoms with E-state index in [9.17, 15) is 31.1 Å². The van der Waals surface area contributed by atoms with Gasteiger partial charge in [0.2, 0.25) is 5.91 Å². The number of carbonyl (C=O) groups is 1. The summed E-state index contributed by atoms with van der Waals surface area (Å²) >= 11 is 0. The van der Waals surface area contributed by atoms with Crippen LogP contribution in [0.25, 0.3) is 0 Å². The molecule has 0 saturated heterocycles. The number of carbonyl (C=O) groups excluding carboxylic acids is 1. The Morgan fingerprint density at radius 1 is 1.11 bits per heavy atom. The van der Waals surface area contributed by atoms with Gasteiger partial charge in [-0.3, -0.25) is 4.79 Å². The summed E-state index contributed by atoms with van der Waals surface area (Å²) in [5.74, 6) is -3.03. The molecule has 0 aliphatic rings. The van der Waals surface area contributed by atoms with Crippen molar-refractivity contribution in [3.63, 3.8) is 0 Å². The normalized spacial score (nSPS) is 12.3. The molecule has 100 valence electrons. The predicted octanol–water partition coefficient (Wildman–Crippen LogP) is 2.70. The van der Waals surface area contributed by atoms with Gasteiger partial charge in [0.25, 0.3) is 0 Å². The molecule has 1 rings (SSSR count). The van der Waals surface area contributed by atoms with Crippen LogP contribution in [-0.4, -0.2) is 12.3 Å². The first-order chi connectivity index (χ1) is 8.02. The summed E-state index contributed by atoms with van der Waals surface area (Å²) in [5.41, 5.74) is 1.72. The molecule has 0 fully saturated rings. The van der Waals surface area contributed by atoms with Crippen LogP contribution < -0.4 is 10.5 Å². The number of ether oxygens (including phenoxy) is 1. The number of primary amides is 1. The first-order valence-electron chi connectivity index (χ1n) is 4.28. The highest BCUT2D eigenvalue weighted by Gasteiger charge is 2.42. The first kappa shape index (κ1) is 14.1. The summed E-state index contributed by atoms with van der Waals surface area (Å²) in [6.45, 7) is 0. The number of rotatable bonds is 2. The van der Waals surface area contributed by atoms with Crippen LogP contribution in [0.3, 0.4) is 0 Å². The third-order valence-corrected chi connectivity index (χ3v) is 1.80. The molecule has 0 bridgehead atoms. The van der Waals surface area contributed by atoms with E-state index < -0.39 is 35.3 Å². The van der Waals surface area contributed by atoms with Crippen molar-refractivity contribution in [3.05, 3.63) is 29.3 Å². The van der Waals surface area contributed by atoms with Gasteiger partial charge < -0.3 is 10.5 Å². The summed E-state index contributed by atoms with van der Waals surface area (Å²) in [6, 6.07) is 1.91. The van der Waals surface area contributed by atoms with E-state index in [4.69, 9.17) is 0 Å². The molecule has 0 saturated carbocycles. The minimum Gasteiger partial charge on any atom is -0.405 e. The van der Waals surface area contributed by atoms with Gasteiger partial charge >= 0.3 is 12.5 Å². The van der Waals surface area contributed by atoms with E-state index in [0.29, 0.717) is 12.1 Å². The average molecular weight is 273 g/mol. The molecule has 0 unspecified atom stereocenters. The number of hydrogen-bond donors (Lipinski definition) is 1. The predicted molar refractivity (Wildman–Crippen MR) is 46.6 cm³/mol. The maximum absolute atomic E-state index is 12.6. The lowest BCUT2D eigenvalue weighted by molar-refractivity contribution is -0.276. The van der Waals surface area contributed by atoms with Gasteiger partial charge in [-0.15, -0.1) is 13.2 Å². The van der Waals surface area contributed by atoms with Gasteiger partial charge in [-0.25, -0.2) is 0 Å². The first-order valence-corrected chi connectivity index (χ1v) is 4.28. The van der Waals surface area contributed by atoms with Gasteiger partial charge in [0.1, 0.15) is 11.3 Å². The van der Waals surface area contributed by atoms with Crippen LogP contribution >= 0.6 is 0 Å². The Balaban J connectivity index is 3.43. The molecule has 0 spiro atoms. The third-order valence-electron chi connectivity index (χ3n) is 1.80. The summed E-state index contributed by atoms with van der Waals surface area (Å²) in [4.78, 5) is 10.8. The molecule has 1 amide bonds. The fraction of sp³-hybridized carbons (Fsp3) is 0.222. The Labute approximate surface area is 96.1 Å². The maximum atomic E-state index is 12.6. The van der Waals surface area contributed by atoms with Crippen molar-refractivity contribution >= 4 is 5.91 Å². The molecule has 0 heterocycles. The molecule has 1 aromatic carbocycles. The second kappa shape index (κ2) is 4.39. The summed E-state index contributed by atoms with van der Waals surface area (Å²) < 4.78 is 76.8. The minimum atomic E-state index is -5.31. The summed E-state index contributed by atoms with van der Waals surface area (Å²) in [7, 11) is 0.